The SMILES string of the molecule is Cc1ccccc1N(Cc1ccccc1)C(=O)c1c(C)[nH]c(C)c(C)c1=O. The largest absolute Gasteiger partial charge is 0.362 e. The maximum absolute atomic E-state index is 13.5. The van der Waals surface area contributed by atoms with Gasteiger partial charge in [0, 0.05) is 22.6 Å². The minimum Gasteiger partial charge on any atom is -0.362 e. The molecule has 3 aromatic rings. The Labute approximate surface area is 159 Å². The molecule has 2 aromatic carbocycles. The van der Waals surface area contributed by atoms with Gasteiger partial charge < -0.3 is 9.88 Å². The fraction of sp³-hybridized carbons (Fsp3) is 0.217. The van der Waals surface area contributed by atoms with Crippen molar-refractivity contribution in [3.05, 3.63) is 98.5 Å². The summed E-state index contributed by atoms with van der Waals surface area (Å²) in [6, 6.07) is 17.5. The maximum Gasteiger partial charge on any atom is 0.264 e. The molecule has 0 aliphatic rings. The number of nitrogens with zero attached hydrogens (tertiary/aromatic N) is 1. The van der Waals surface area contributed by atoms with Crippen LogP contribution in [0, 0.1) is 27.7 Å². The number of benzene rings is 2. The Balaban J connectivity index is 2.14. The van der Waals surface area contributed by atoms with E-state index in [2.05, 4.69) is 4.98 Å². The molecule has 4 nitrogen and oxygen atoms in total. The highest BCUT2D eigenvalue weighted by molar-refractivity contribution is 6.07. The van der Waals surface area contributed by atoms with E-state index in [1.54, 1.807) is 18.7 Å². The zero-order valence-corrected chi connectivity index (χ0v) is 16.2. The molecule has 3 rings (SSSR count). The van der Waals surface area contributed by atoms with Crippen LogP contribution in [0.5, 0.6) is 0 Å². The summed E-state index contributed by atoms with van der Waals surface area (Å²) in [6.07, 6.45) is 0. The second kappa shape index (κ2) is 7.62. The molecular formula is C23H24N2O2. The van der Waals surface area contributed by atoms with Crippen molar-refractivity contribution >= 4 is 11.6 Å². The van der Waals surface area contributed by atoms with Crippen molar-refractivity contribution < 1.29 is 4.79 Å². The Morgan fingerprint density at radius 2 is 1.52 bits per heavy atom. The molecule has 0 unspecified atom stereocenters. The molecule has 4 heteroatoms. The van der Waals surface area contributed by atoms with Gasteiger partial charge in [-0.2, -0.15) is 0 Å². The van der Waals surface area contributed by atoms with Crippen molar-refractivity contribution in [3.8, 4) is 0 Å². The summed E-state index contributed by atoms with van der Waals surface area (Å²) in [5, 5.41) is 0. The normalized spacial score (nSPS) is 10.7. The molecule has 1 heterocycles. The number of hydrogen-bond donors (Lipinski definition) is 1. The Hall–Kier alpha value is -3.14. The summed E-state index contributed by atoms with van der Waals surface area (Å²) in [4.78, 5) is 31.2. The van der Waals surface area contributed by atoms with Crippen LogP contribution in [0.3, 0.4) is 0 Å². The fourth-order valence-corrected chi connectivity index (χ4v) is 3.26. The number of carbonyl (C=O) groups excluding carboxylic acids is 1. The number of para-hydroxylation sites is 1. The van der Waals surface area contributed by atoms with Gasteiger partial charge in [-0.1, -0.05) is 48.5 Å². The lowest BCUT2D eigenvalue weighted by Crippen LogP contribution is -2.36. The van der Waals surface area contributed by atoms with Crippen molar-refractivity contribution in [1.82, 2.24) is 4.98 Å². The Kier molecular flexibility index (Phi) is 5.26. The first kappa shape index (κ1) is 18.6. The van der Waals surface area contributed by atoms with Crippen LogP contribution >= 0.6 is 0 Å². The van der Waals surface area contributed by atoms with Gasteiger partial charge in [-0.05, 0) is 44.9 Å². The zero-order valence-electron chi connectivity index (χ0n) is 16.2. The van der Waals surface area contributed by atoms with Crippen LogP contribution in [0.15, 0.2) is 59.4 Å². The van der Waals surface area contributed by atoms with E-state index < -0.39 is 0 Å². The number of H-pyrrole nitrogens is 1. The van der Waals surface area contributed by atoms with Crippen molar-refractivity contribution in [2.45, 2.75) is 34.2 Å². The number of pyridine rings is 1. The number of nitrogens with one attached hydrogen (secondary N) is 1. The molecule has 27 heavy (non-hydrogen) atoms. The van der Waals surface area contributed by atoms with Crippen LogP contribution in [0.2, 0.25) is 0 Å². The molecule has 0 saturated heterocycles. The fourth-order valence-electron chi connectivity index (χ4n) is 3.26. The number of amides is 1. The molecule has 1 amide bonds. The third-order valence-corrected chi connectivity index (χ3v) is 4.93. The molecule has 1 aromatic heterocycles. The van der Waals surface area contributed by atoms with Crippen molar-refractivity contribution in [1.29, 1.82) is 0 Å². The molecule has 0 aliphatic carbocycles. The van der Waals surface area contributed by atoms with E-state index in [-0.39, 0.29) is 16.9 Å². The van der Waals surface area contributed by atoms with Crippen molar-refractivity contribution in [3.63, 3.8) is 0 Å². The minimum atomic E-state index is -0.282. The zero-order chi connectivity index (χ0) is 19.6. The highest BCUT2D eigenvalue weighted by Crippen LogP contribution is 2.24. The first-order chi connectivity index (χ1) is 12.9. The van der Waals surface area contributed by atoms with Gasteiger partial charge in [0.1, 0.15) is 5.56 Å². The smallest absolute Gasteiger partial charge is 0.264 e. The first-order valence-electron chi connectivity index (χ1n) is 9.01. The van der Waals surface area contributed by atoms with Gasteiger partial charge in [-0.25, -0.2) is 0 Å². The summed E-state index contributed by atoms with van der Waals surface area (Å²) in [6.45, 7) is 7.74. The van der Waals surface area contributed by atoms with Crippen LogP contribution < -0.4 is 10.3 Å². The highest BCUT2D eigenvalue weighted by atomic mass is 16.2. The third kappa shape index (κ3) is 3.70. The average molecular weight is 360 g/mol. The van der Waals surface area contributed by atoms with E-state index >= 15 is 0 Å². The molecule has 0 atom stereocenters. The second-order valence-electron chi connectivity index (χ2n) is 6.87. The van der Waals surface area contributed by atoms with E-state index in [0.717, 1.165) is 22.5 Å². The molecule has 0 bridgehead atoms. The average Bonchev–Trinajstić information content (AvgIpc) is 2.66. The molecule has 0 spiro atoms. The van der Waals surface area contributed by atoms with Crippen LogP contribution in [0.4, 0.5) is 5.69 Å². The molecule has 0 aliphatic heterocycles. The van der Waals surface area contributed by atoms with Gasteiger partial charge in [0.05, 0.1) is 6.54 Å². The molecular weight excluding hydrogens is 336 g/mol. The van der Waals surface area contributed by atoms with Crippen LogP contribution in [0.25, 0.3) is 0 Å². The first-order valence-corrected chi connectivity index (χ1v) is 9.01. The highest BCUT2D eigenvalue weighted by Gasteiger charge is 2.25. The second-order valence-corrected chi connectivity index (χ2v) is 6.87. The monoisotopic (exact) mass is 360 g/mol. The Morgan fingerprint density at radius 1 is 0.889 bits per heavy atom. The van der Waals surface area contributed by atoms with Crippen LogP contribution in [0.1, 0.15) is 38.4 Å². The van der Waals surface area contributed by atoms with Crippen molar-refractivity contribution in [2.75, 3.05) is 4.90 Å². The molecule has 0 radical (unpaired) electrons. The van der Waals surface area contributed by atoms with E-state index in [9.17, 15) is 9.59 Å². The van der Waals surface area contributed by atoms with E-state index in [1.165, 1.54) is 0 Å². The van der Waals surface area contributed by atoms with Gasteiger partial charge in [-0.3, -0.25) is 9.59 Å². The lowest BCUT2D eigenvalue weighted by atomic mass is 10.0. The predicted molar refractivity (Wildman–Crippen MR) is 109 cm³/mol. The Morgan fingerprint density at radius 3 is 2.19 bits per heavy atom. The number of carbonyl (C=O) groups is 1. The maximum atomic E-state index is 13.5. The lowest BCUT2D eigenvalue weighted by molar-refractivity contribution is 0.0983. The number of anilines is 1. The van der Waals surface area contributed by atoms with E-state index in [1.807, 2.05) is 68.4 Å². The molecule has 138 valence electrons. The Bertz CT molecular complexity index is 1040. The minimum absolute atomic E-state index is 0.206. The van der Waals surface area contributed by atoms with Gasteiger partial charge >= 0.3 is 0 Å². The topological polar surface area (TPSA) is 53.2 Å². The number of aromatic amines is 1. The van der Waals surface area contributed by atoms with E-state index in [4.69, 9.17) is 0 Å². The van der Waals surface area contributed by atoms with Gasteiger partial charge in [0.15, 0.2) is 5.43 Å². The number of rotatable bonds is 4. The number of hydrogen-bond acceptors (Lipinski definition) is 2. The number of aromatic nitrogens is 1. The van der Waals surface area contributed by atoms with Gasteiger partial charge in [0.25, 0.3) is 5.91 Å². The van der Waals surface area contributed by atoms with Crippen LogP contribution in [-0.4, -0.2) is 10.9 Å². The summed E-state index contributed by atoms with van der Waals surface area (Å²) in [5.41, 5.74) is 4.76. The number of aryl methyl sites for hydroxylation is 3. The van der Waals surface area contributed by atoms with Crippen LogP contribution in [-0.2, 0) is 6.54 Å². The molecule has 0 fully saturated rings. The quantitative estimate of drug-likeness (QED) is 0.747. The standard InChI is InChI=1S/C23H24N2O2/c1-15-10-8-9-13-20(15)25(14-19-11-6-5-7-12-19)23(27)21-18(4)24-17(3)16(2)22(21)26/h5-13H,14H2,1-4H3,(H,24,26). The predicted octanol–water partition coefficient (Wildman–Crippen LogP) is 4.46. The van der Waals surface area contributed by atoms with Crippen molar-refractivity contribution in [2.24, 2.45) is 0 Å². The van der Waals surface area contributed by atoms with Gasteiger partial charge in [-0.15, -0.1) is 0 Å². The summed E-state index contributed by atoms with van der Waals surface area (Å²) in [5.74, 6) is -0.282. The molecule has 0 saturated carbocycles. The summed E-state index contributed by atoms with van der Waals surface area (Å²) in [7, 11) is 0. The third-order valence-electron chi connectivity index (χ3n) is 4.93. The summed E-state index contributed by atoms with van der Waals surface area (Å²) >= 11 is 0. The summed E-state index contributed by atoms with van der Waals surface area (Å²) < 4.78 is 0. The lowest BCUT2D eigenvalue weighted by Gasteiger charge is -2.25. The molecule has 1 N–H and O–H groups in total. The van der Waals surface area contributed by atoms with Gasteiger partial charge in [0.2, 0.25) is 0 Å². The van der Waals surface area contributed by atoms with E-state index in [0.29, 0.717) is 17.8 Å².